The van der Waals surface area contributed by atoms with Gasteiger partial charge in [-0.25, -0.2) is 0 Å². The fraction of sp³-hybridized carbons (Fsp3) is 0.158. The van der Waals surface area contributed by atoms with Crippen LogP contribution in [0.3, 0.4) is 0 Å². The average molecular weight is 372 g/mol. The van der Waals surface area contributed by atoms with E-state index in [1.807, 2.05) is 18.2 Å². The second-order valence-corrected chi connectivity index (χ2v) is 5.50. The first-order valence-corrected chi connectivity index (χ1v) is 8.13. The number of methoxy groups -OCH3 is 3. The first-order valence-electron chi connectivity index (χ1n) is 7.72. The van der Waals surface area contributed by atoms with Crippen LogP contribution < -0.4 is 24.8 Å². The Kier molecular flexibility index (Phi) is 6.99. The molecular weight excluding hydrogens is 352 g/mol. The van der Waals surface area contributed by atoms with Crippen LogP contribution in [0.4, 0.5) is 5.69 Å². The first-order chi connectivity index (χ1) is 12.6. The van der Waals surface area contributed by atoms with Gasteiger partial charge in [-0.2, -0.15) is 0 Å². The van der Waals surface area contributed by atoms with E-state index in [0.717, 1.165) is 5.56 Å². The van der Waals surface area contributed by atoms with Crippen LogP contribution in [-0.2, 0) is 4.79 Å². The molecule has 1 amide bonds. The van der Waals surface area contributed by atoms with E-state index in [4.69, 9.17) is 26.4 Å². The summed E-state index contributed by atoms with van der Waals surface area (Å²) in [6, 6.07) is 12.6. The molecule has 0 radical (unpaired) electrons. The number of anilines is 1. The fourth-order valence-corrected chi connectivity index (χ4v) is 2.39. The molecular formula is C19H20N2O4S. The number of nitrogens with one attached hydrogen (secondary N) is 2. The van der Waals surface area contributed by atoms with Gasteiger partial charge in [0.05, 0.1) is 27.0 Å². The van der Waals surface area contributed by atoms with Gasteiger partial charge in [-0.15, -0.1) is 0 Å². The van der Waals surface area contributed by atoms with Crippen molar-refractivity contribution in [3.8, 4) is 17.2 Å². The Morgan fingerprint density at radius 1 is 0.962 bits per heavy atom. The topological polar surface area (TPSA) is 68.8 Å². The lowest BCUT2D eigenvalue weighted by molar-refractivity contribution is -0.115. The zero-order chi connectivity index (χ0) is 18.9. The van der Waals surface area contributed by atoms with Gasteiger partial charge in [-0.1, -0.05) is 18.2 Å². The van der Waals surface area contributed by atoms with E-state index in [0.29, 0.717) is 22.9 Å². The lowest BCUT2D eigenvalue weighted by atomic mass is 10.2. The van der Waals surface area contributed by atoms with Crippen molar-refractivity contribution in [2.45, 2.75) is 0 Å². The van der Waals surface area contributed by atoms with E-state index in [1.165, 1.54) is 6.08 Å². The normalized spacial score (nSPS) is 10.3. The minimum atomic E-state index is -0.354. The molecule has 2 aromatic carbocycles. The van der Waals surface area contributed by atoms with Gasteiger partial charge in [-0.3, -0.25) is 10.1 Å². The molecule has 6 nitrogen and oxygen atoms in total. The van der Waals surface area contributed by atoms with E-state index in [1.54, 1.807) is 51.7 Å². The smallest absolute Gasteiger partial charge is 0.250 e. The Morgan fingerprint density at radius 3 is 2.35 bits per heavy atom. The van der Waals surface area contributed by atoms with Crippen LogP contribution in [0.25, 0.3) is 6.08 Å². The molecule has 0 heterocycles. The molecule has 0 unspecified atom stereocenters. The summed E-state index contributed by atoms with van der Waals surface area (Å²) < 4.78 is 15.6. The van der Waals surface area contributed by atoms with E-state index < -0.39 is 0 Å². The average Bonchev–Trinajstić information content (AvgIpc) is 2.66. The fourth-order valence-electron chi connectivity index (χ4n) is 2.18. The van der Waals surface area contributed by atoms with E-state index in [2.05, 4.69) is 10.6 Å². The zero-order valence-electron chi connectivity index (χ0n) is 14.7. The number of amides is 1. The summed E-state index contributed by atoms with van der Waals surface area (Å²) in [6.07, 6.45) is 3.04. The summed E-state index contributed by atoms with van der Waals surface area (Å²) in [5.41, 5.74) is 1.46. The van der Waals surface area contributed by atoms with Crippen LogP contribution in [0.5, 0.6) is 17.2 Å². The Labute approximate surface area is 157 Å². The summed E-state index contributed by atoms with van der Waals surface area (Å²) in [6.45, 7) is 0. The number of benzene rings is 2. The first kappa shape index (κ1) is 19.3. The Balaban J connectivity index is 1.97. The number of carbonyl (C=O) groups is 1. The van der Waals surface area contributed by atoms with E-state index in [-0.39, 0.29) is 11.0 Å². The SMILES string of the molecule is COc1ccccc1NC(=S)NC(=O)/C=C/c1ccc(OC)c(OC)c1. The summed E-state index contributed by atoms with van der Waals surface area (Å²) >= 11 is 5.15. The van der Waals surface area contributed by atoms with Crippen LogP contribution in [-0.4, -0.2) is 32.3 Å². The van der Waals surface area contributed by atoms with Gasteiger partial charge in [0.2, 0.25) is 5.91 Å². The van der Waals surface area contributed by atoms with Gasteiger partial charge < -0.3 is 19.5 Å². The molecule has 0 spiro atoms. The molecule has 0 fully saturated rings. The predicted octanol–water partition coefficient (Wildman–Crippen LogP) is 3.24. The van der Waals surface area contributed by atoms with Crippen molar-refractivity contribution in [3.05, 3.63) is 54.1 Å². The third-order valence-electron chi connectivity index (χ3n) is 3.43. The molecule has 2 aromatic rings. The minimum absolute atomic E-state index is 0.177. The molecule has 2 rings (SSSR count). The molecule has 0 bridgehead atoms. The van der Waals surface area contributed by atoms with Crippen molar-refractivity contribution in [3.63, 3.8) is 0 Å². The van der Waals surface area contributed by atoms with Crippen molar-refractivity contribution in [1.82, 2.24) is 5.32 Å². The van der Waals surface area contributed by atoms with Crippen LogP contribution in [0, 0.1) is 0 Å². The Bertz CT molecular complexity index is 821. The number of ether oxygens (including phenoxy) is 3. The maximum absolute atomic E-state index is 12.0. The van der Waals surface area contributed by atoms with Crippen molar-refractivity contribution in [2.24, 2.45) is 0 Å². The second-order valence-electron chi connectivity index (χ2n) is 5.09. The number of rotatable bonds is 6. The van der Waals surface area contributed by atoms with Crippen LogP contribution in [0.2, 0.25) is 0 Å². The Morgan fingerprint density at radius 2 is 1.65 bits per heavy atom. The highest BCUT2D eigenvalue weighted by atomic mass is 32.1. The van der Waals surface area contributed by atoms with Crippen LogP contribution >= 0.6 is 12.2 Å². The van der Waals surface area contributed by atoms with Crippen molar-refractivity contribution in [2.75, 3.05) is 26.6 Å². The summed E-state index contributed by atoms with van der Waals surface area (Å²) in [5.74, 6) is 1.48. The number of hydrogen-bond donors (Lipinski definition) is 2. The monoisotopic (exact) mass is 372 g/mol. The molecule has 0 aromatic heterocycles. The van der Waals surface area contributed by atoms with Crippen LogP contribution in [0.15, 0.2) is 48.5 Å². The molecule has 136 valence electrons. The standard InChI is InChI=1S/C19H20N2O4S/c1-23-15-7-5-4-6-14(15)20-19(26)21-18(22)11-9-13-8-10-16(24-2)17(12-13)25-3/h4-12H,1-3H3,(H2,20,21,22,26)/b11-9+. The Hall–Kier alpha value is -3.06. The largest absolute Gasteiger partial charge is 0.495 e. The van der Waals surface area contributed by atoms with Gasteiger partial charge in [0, 0.05) is 6.08 Å². The third kappa shape index (κ3) is 5.22. The molecule has 0 aliphatic heterocycles. The van der Waals surface area contributed by atoms with Gasteiger partial charge in [0.1, 0.15) is 5.75 Å². The predicted molar refractivity (Wildman–Crippen MR) is 106 cm³/mol. The van der Waals surface area contributed by atoms with Gasteiger partial charge in [-0.05, 0) is 48.1 Å². The van der Waals surface area contributed by atoms with Crippen molar-refractivity contribution < 1.29 is 19.0 Å². The molecule has 0 aliphatic rings. The maximum Gasteiger partial charge on any atom is 0.250 e. The minimum Gasteiger partial charge on any atom is -0.495 e. The summed E-state index contributed by atoms with van der Waals surface area (Å²) in [7, 11) is 4.69. The molecule has 2 N–H and O–H groups in total. The summed E-state index contributed by atoms with van der Waals surface area (Å²) in [4.78, 5) is 12.0. The highest BCUT2D eigenvalue weighted by Gasteiger charge is 2.06. The van der Waals surface area contributed by atoms with Crippen molar-refractivity contribution >= 4 is 35.0 Å². The molecule has 26 heavy (non-hydrogen) atoms. The molecule has 0 saturated carbocycles. The third-order valence-corrected chi connectivity index (χ3v) is 3.63. The number of para-hydroxylation sites is 2. The quantitative estimate of drug-likeness (QED) is 0.599. The highest BCUT2D eigenvalue weighted by molar-refractivity contribution is 7.80. The second kappa shape index (κ2) is 9.43. The number of carbonyl (C=O) groups excluding carboxylic acids is 1. The highest BCUT2D eigenvalue weighted by Crippen LogP contribution is 2.28. The van der Waals surface area contributed by atoms with Crippen molar-refractivity contribution in [1.29, 1.82) is 0 Å². The lowest BCUT2D eigenvalue weighted by Crippen LogP contribution is -2.32. The number of hydrogen-bond acceptors (Lipinski definition) is 5. The zero-order valence-corrected chi connectivity index (χ0v) is 15.6. The number of thiocarbonyl (C=S) groups is 1. The van der Waals surface area contributed by atoms with Gasteiger partial charge >= 0.3 is 0 Å². The molecule has 7 heteroatoms. The lowest BCUT2D eigenvalue weighted by Gasteiger charge is -2.11. The van der Waals surface area contributed by atoms with E-state index >= 15 is 0 Å². The molecule has 0 aliphatic carbocycles. The maximum atomic E-state index is 12.0. The molecule has 0 atom stereocenters. The van der Waals surface area contributed by atoms with Gasteiger partial charge in [0.15, 0.2) is 16.6 Å². The molecule has 0 saturated heterocycles. The van der Waals surface area contributed by atoms with Crippen LogP contribution in [0.1, 0.15) is 5.56 Å². The summed E-state index contributed by atoms with van der Waals surface area (Å²) in [5, 5.41) is 5.69. The van der Waals surface area contributed by atoms with E-state index in [9.17, 15) is 4.79 Å². The van der Waals surface area contributed by atoms with Gasteiger partial charge in [0.25, 0.3) is 0 Å².